The molecule has 5 rings (SSSR count). The summed E-state index contributed by atoms with van der Waals surface area (Å²) in [6.07, 6.45) is 12.0. The number of pyridine rings is 1. The van der Waals surface area contributed by atoms with Gasteiger partial charge in [0.2, 0.25) is 11.9 Å². The lowest BCUT2D eigenvalue weighted by Gasteiger charge is -2.32. The van der Waals surface area contributed by atoms with Crippen LogP contribution in [0.1, 0.15) is 45.4 Å². The first-order valence-electron chi connectivity index (χ1n) is 11.7. The molecule has 7 nitrogen and oxygen atoms in total. The van der Waals surface area contributed by atoms with Crippen LogP contribution in [-0.2, 0) is 4.79 Å². The van der Waals surface area contributed by atoms with Crippen molar-refractivity contribution >= 4 is 35.0 Å². The summed E-state index contributed by atoms with van der Waals surface area (Å²) in [5, 5.41) is 6.99. The number of hydrogen-bond donors (Lipinski definition) is 2. The molecule has 8 heteroatoms. The SMILES string of the molecule is CC1(C(=O)Nc2ccc(NCC[C@@H]3C[C@@H]3C3CCN(c4ncc(Cl)cn4)CC3)nc2)CC1. The Morgan fingerprint density at radius 3 is 2.56 bits per heavy atom. The van der Waals surface area contributed by atoms with Gasteiger partial charge in [-0.3, -0.25) is 4.79 Å². The molecule has 170 valence electrons. The van der Waals surface area contributed by atoms with Gasteiger partial charge in [-0.2, -0.15) is 0 Å². The lowest BCUT2D eigenvalue weighted by atomic mass is 9.90. The number of halogens is 1. The number of amides is 1. The lowest BCUT2D eigenvalue weighted by molar-refractivity contribution is -0.120. The number of rotatable bonds is 8. The Hall–Kier alpha value is -2.41. The Kier molecular flexibility index (Phi) is 5.93. The molecule has 3 fully saturated rings. The highest BCUT2D eigenvalue weighted by Crippen LogP contribution is 2.50. The van der Waals surface area contributed by atoms with Crippen LogP contribution in [0.4, 0.5) is 17.5 Å². The van der Waals surface area contributed by atoms with Gasteiger partial charge in [0.15, 0.2) is 0 Å². The quantitative estimate of drug-likeness (QED) is 0.605. The highest BCUT2D eigenvalue weighted by atomic mass is 35.5. The Labute approximate surface area is 194 Å². The van der Waals surface area contributed by atoms with Crippen molar-refractivity contribution in [3.8, 4) is 0 Å². The maximum absolute atomic E-state index is 12.1. The number of carbonyl (C=O) groups excluding carboxylic acids is 1. The summed E-state index contributed by atoms with van der Waals surface area (Å²) < 4.78 is 0. The summed E-state index contributed by atoms with van der Waals surface area (Å²) in [6, 6.07) is 3.88. The van der Waals surface area contributed by atoms with Gasteiger partial charge in [0, 0.05) is 25.0 Å². The molecule has 2 saturated carbocycles. The molecule has 0 spiro atoms. The van der Waals surface area contributed by atoms with Gasteiger partial charge in [-0.15, -0.1) is 0 Å². The van der Waals surface area contributed by atoms with E-state index in [-0.39, 0.29) is 11.3 Å². The highest BCUT2D eigenvalue weighted by molar-refractivity contribution is 6.30. The molecule has 0 aromatic carbocycles. The maximum atomic E-state index is 12.1. The van der Waals surface area contributed by atoms with Crippen molar-refractivity contribution in [3.63, 3.8) is 0 Å². The molecule has 2 N–H and O–H groups in total. The zero-order valence-corrected chi connectivity index (χ0v) is 19.3. The molecular weight excluding hydrogens is 424 g/mol. The molecular formula is C24H31ClN6O. The predicted octanol–water partition coefficient (Wildman–Crippen LogP) is 4.62. The third-order valence-electron chi connectivity index (χ3n) is 7.40. The van der Waals surface area contributed by atoms with Crippen LogP contribution in [0, 0.1) is 23.2 Å². The standard InChI is InChI=1S/C24H31ClN6O/c1-24(7-8-24)22(32)30-19-2-3-21(27-15-19)26-9-4-17-12-20(17)16-5-10-31(11-6-16)23-28-13-18(25)14-29-23/h2-3,13-17,20H,4-12H2,1H3,(H,26,27)(H,30,32)/t17-,20-/m1/s1. The largest absolute Gasteiger partial charge is 0.370 e. The van der Waals surface area contributed by atoms with E-state index in [2.05, 4.69) is 30.5 Å². The lowest BCUT2D eigenvalue weighted by Crippen LogP contribution is -2.35. The number of aromatic nitrogens is 3. The minimum Gasteiger partial charge on any atom is -0.370 e. The van der Waals surface area contributed by atoms with E-state index in [1.54, 1.807) is 18.6 Å². The van der Waals surface area contributed by atoms with Crippen molar-refractivity contribution < 1.29 is 4.79 Å². The second kappa shape index (κ2) is 8.85. The number of nitrogens with one attached hydrogen (secondary N) is 2. The van der Waals surface area contributed by atoms with Gasteiger partial charge in [0.05, 0.1) is 29.3 Å². The summed E-state index contributed by atoms with van der Waals surface area (Å²) in [6.45, 7) is 5.00. The van der Waals surface area contributed by atoms with E-state index in [9.17, 15) is 4.79 Å². The van der Waals surface area contributed by atoms with Crippen molar-refractivity contribution in [2.24, 2.45) is 23.2 Å². The van der Waals surface area contributed by atoms with Crippen molar-refractivity contribution in [3.05, 3.63) is 35.7 Å². The molecule has 3 heterocycles. The van der Waals surface area contributed by atoms with Crippen molar-refractivity contribution in [2.45, 2.75) is 45.4 Å². The van der Waals surface area contributed by atoms with Crippen LogP contribution in [0.3, 0.4) is 0 Å². The van der Waals surface area contributed by atoms with Gasteiger partial charge in [-0.25, -0.2) is 15.0 Å². The number of piperidine rings is 1. The first-order chi connectivity index (χ1) is 15.5. The molecule has 2 atom stereocenters. The smallest absolute Gasteiger partial charge is 0.230 e. The molecule has 32 heavy (non-hydrogen) atoms. The third-order valence-corrected chi connectivity index (χ3v) is 7.60. The van der Waals surface area contributed by atoms with Crippen molar-refractivity contribution in [2.75, 3.05) is 35.2 Å². The van der Waals surface area contributed by atoms with Gasteiger partial charge in [0.25, 0.3) is 0 Å². The van der Waals surface area contributed by atoms with Crippen LogP contribution >= 0.6 is 11.6 Å². The molecule has 0 unspecified atom stereocenters. The fourth-order valence-corrected chi connectivity index (χ4v) is 4.93. The predicted molar refractivity (Wildman–Crippen MR) is 127 cm³/mol. The summed E-state index contributed by atoms with van der Waals surface area (Å²) in [4.78, 5) is 27.6. The molecule has 1 aliphatic heterocycles. The third kappa shape index (κ3) is 4.98. The highest BCUT2D eigenvalue weighted by Gasteiger charge is 2.45. The van der Waals surface area contributed by atoms with E-state index >= 15 is 0 Å². The van der Waals surface area contributed by atoms with Crippen LogP contribution in [-0.4, -0.2) is 40.5 Å². The Balaban J connectivity index is 1.00. The second-order valence-electron chi connectivity index (χ2n) is 9.85. The monoisotopic (exact) mass is 454 g/mol. The average molecular weight is 455 g/mol. The fourth-order valence-electron chi connectivity index (χ4n) is 4.83. The molecule has 2 aromatic rings. The maximum Gasteiger partial charge on any atom is 0.230 e. The fraction of sp³-hybridized carbons (Fsp3) is 0.583. The summed E-state index contributed by atoms with van der Waals surface area (Å²) in [5.41, 5.74) is 0.601. The average Bonchev–Trinajstić information content (AvgIpc) is 3.73. The molecule has 0 radical (unpaired) electrons. The zero-order valence-electron chi connectivity index (χ0n) is 18.6. The number of carbonyl (C=O) groups is 1. The van der Waals surface area contributed by atoms with Gasteiger partial charge in [-0.05, 0) is 68.4 Å². The van der Waals surface area contributed by atoms with Gasteiger partial charge < -0.3 is 15.5 Å². The minimum atomic E-state index is -0.169. The first-order valence-corrected chi connectivity index (χ1v) is 12.1. The molecule has 0 bridgehead atoms. The Morgan fingerprint density at radius 2 is 1.91 bits per heavy atom. The second-order valence-corrected chi connectivity index (χ2v) is 10.3. The Morgan fingerprint density at radius 1 is 1.16 bits per heavy atom. The molecule has 1 saturated heterocycles. The van der Waals surface area contributed by atoms with E-state index in [1.165, 1.54) is 25.7 Å². The number of anilines is 3. The van der Waals surface area contributed by atoms with E-state index in [1.807, 2.05) is 19.1 Å². The normalized spacial score (nSPS) is 24.1. The molecule has 3 aliphatic rings. The van der Waals surface area contributed by atoms with Crippen molar-refractivity contribution in [1.82, 2.24) is 15.0 Å². The number of nitrogens with zero attached hydrogens (tertiary/aromatic N) is 4. The van der Waals surface area contributed by atoms with Gasteiger partial charge in [-0.1, -0.05) is 18.5 Å². The molecule has 1 amide bonds. The van der Waals surface area contributed by atoms with Crippen LogP contribution in [0.2, 0.25) is 5.02 Å². The van der Waals surface area contributed by atoms with Crippen LogP contribution in [0.15, 0.2) is 30.7 Å². The van der Waals surface area contributed by atoms with Crippen molar-refractivity contribution in [1.29, 1.82) is 0 Å². The molecule has 2 aromatic heterocycles. The van der Waals surface area contributed by atoms with Crippen LogP contribution < -0.4 is 15.5 Å². The zero-order chi connectivity index (χ0) is 22.1. The van der Waals surface area contributed by atoms with E-state index in [0.717, 1.165) is 67.7 Å². The van der Waals surface area contributed by atoms with Gasteiger partial charge in [0.1, 0.15) is 5.82 Å². The Bertz CT molecular complexity index is 938. The van der Waals surface area contributed by atoms with E-state index in [4.69, 9.17) is 11.6 Å². The van der Waals surface area contributed by atoms with E-state index in [0.29, 0.717) is 5.02 Å². The summed E-state index contributed by atoms with van der Waals surface area (Å²) >= 11 is 5.89. The first kappa shape index (κ1) is 21.4. The minimum absolute atomic E-state index is 0.103. The van der Waals surface area contributed by atoms with E-state index < -0.39 is 0 Å². The van der Waals surface area contributed by atoms with Crippen LogP contribution in [0.5, 0.6) is 0 Å². The molecule has 2 aliphatic carbocycles. The number of hydrogen-bond acceptors (Lipinski definition) is 6. The summed E-state index contributed by atoms with van der Waals surface area (Å²) in [5.74, 6) is 4.27. The van der Waals surface area contributed by atoms with Gasteiger partial charge >= 0.3 is 0 Å². The summed E-state index contributed by atoms with van der Waals surface area (Å²) in [7, 11) is 0. The topological polar surface area (TPSA) is 83.0 Å². The van der Waals surface area contributed by atoms with Crippen LogP contribution in [0.25, 0.3) is 0 Å².